The Balaban J connectivity index is 1.59. The minimum absolute atomic E-state index is 0.223. The van der Waals surface area contributed by atoms with Crippen LogP contribution in [-0.2, 0) is 14.8 Å². The predicted molar refractivity (Wildman–Crippen MR) is 117 cm³/mol. The van der Waals surface area contributed by atoms with Crippen LogP contribution < -0.4 is 9.62 Å². The Kier molecular flexibility index (Phi) is 6.47. The number of nitrogens with one attached hydrogen (secondary N) is 1. The summed E-state index contributed by atoms with van der Waals surface area (Å²) in [5.41, 5.74) is 2.57. The summed E-state index contributed by atoms with van der Waals surface area (Å²) in [6.07, 6.45) is 0.593. The number of sulfonamides is 1. The van der Waals surface area contributed by atoms with Gasteiger partial charge < -0.3 is 9.80 Å². The molecule has 0 unspecified atom stereocenters. The zero-order valence-corrected chi connectivity index (χ0v) is 18.1. The first-order chi connectivity index (χ1) is 13.7. The van der Waals surface area contributed by atoms with E-state index in [4.69, 9.17) is 0 Å². The Bertz CT molecular complexity index is 930. The van der Waals surface area contributed by atoms with E-state index < -0.39 is 10.0 Å². The number of anilines is 2. The Morgan fingerprint density at radius 1 is 0.966 bits per heavy atom. The van der Waals surface area contributed by atoms with Crippen molar-refractivity contribution in [3.63, 3.8) is 0 Å². The molecule has 6 nitrogen and oxygen atoms in total. The highest BCUT2D eigenvalue weighted by Crippen LogP contribution is 2.22. The monoisotopic (exact) mass is 415 g/mol. The minimum Gasteiger partial charge on any atom is -0.368 e. The lowest BCUT2D eigenvalue weighted by Crippen LogP contribution is -2.49. The van der Waals surface area contributed by atoms with Crippen molar-refractivity contribution in [2.75, 3.05) is 35.8 Å². The molecule has 1 aliphatic rings. The van der Waals surface area contributed by atoms with Crippen LogP contribution in [0.4, 0.5) is 11.4 Å². The Morgan fingerprint density at radius 2 is 1.55 bits per heavy atom. The van der Waals surface area contributed by atoms with Crippen molar-refractivity contribution >= 4 is 27.3 Å². The lowest BCUT2D eigenvalue weighted by molar-refractivity contribution is -0.132. The molecule has 2 aromatic rings. The molecule has 2 aromatic carbocycles. The number of carbonyl (C=O) groups excluding carboxylic acids is 1. The highest BCUT2D eigenvalue weighted by molar-refractivity contribution is 7.92. The van der Waals surface area contributed by atoms with Crippen LogP contribution in [0.15, 0.2) is 53.4 Å². The second-order valence-electron chi connectivity index (χ2n) is 7.93. The highest BCUT2D eigenvalue weighted by atomic mass is 32.2. The van der Waals surface area contributed by atoms with Crippen LogP contribution in [0.5, 0.6) is 0 Å². The first kappa shape index (κ1) is 21.2. The van der Waals surface area contributed by atoms with Crippen LogP contribution >= 0.6 is 0 Å². The van der Waals surface area contributed by atoms with Gasteiger partial charge in [0.25, 0.3) is 10.0 Å². The van der Waals surface area contributed by atoms with Crippen LogP contribution in [0.25, 0.3) is 0 Å². The van der Waals surface area contributed by atoms with Gasteiger partial charge in [0.15, 0.2) is 0 Å². The number of aryl methyl sites for hydroxylation is 1. The van der Waals surface area contributed by atoms with Crippen molar-refractivity contribution in [3.05, 3.63) is 54.1 Å². The second-order valence-corrected chi connectivity index (χ2v) is 9.61. The average Bonchev–Trinajstić information content (AvgIpc) is 2.68. The SMILES string of the molecule is Cc1ccc(S(=O)(=O)Nc2ccc(N3CCN(C(=O)CC(C)C)CC3)cc2)cc1. The topological polar surface area (TPSA) is 69.7 Å². The van der Waals surface area contributed by atoms with Gasteiger partial charge in [-0.2, -0.15) is 0 Å². The molecule has 3 rings (SSSR count). The van der Waals surface area contributed by atoms with Crippen LogP contribution in [0, 0.1) is 12.8 Å². The largest absolute Gasteiger partial charge is 0.368 e. The number of nitrogens with zero attached hydrogens (tertiary/aromatic N) is 2. The predicted octanol–water partition coefficient (Wildman–Crippen LogP) is 3.49. The summed E-state index contributed by atoms with van der Waals surface area (Å²) in [6, 6.07) is 14.1. The molecule has 0 aromatic heterocycles. The first-order valence-corrected chi connectivity index (χ1v) is 11.5. The van der Waals surface area contributed by atoms with Gasteiger partial charge in [0, 0.05) is 44.0 Å². The zero-order chi connectivity index (χ0) is 21.0. The fraction of sp³-hybridized carbons (Fsp3) is 0.409. The van der Waals surface area contributed by atoms with Crippen molar-refractivity contribution in [3.8, 4) is 0 Å². The van der Waals surface area contributed by atoms with E-state index in [9.17, 15) is 13.2 Å². The fourth-order valence-corrected chi connectivity index (χ4v) is 4.42. The van der Waals surface area contributed by atoms with Crippen LogP contribution in [0.3, 0.4) is 0 Å². The zero-order valence-electron chi connectivity index (χ0n) is 17.3. The fourth-order valence-electron chi connectivity index (χ4n) is 3.36. The van der Waals surface area contributed by atoms with Crippen molar-refractivity contribution in [1.29, 1.82) is 0 Å². The standard InChI is InChI=1S/C22H29N3O3S/c1-17(2)16-22(26)25-14-12-24(13-15-25)20-8-6-19(7-9-20)23-29(27,28)21-10-4-18(3)5-11-21/h4-11,17,23H,12-16H2,1-3H3. The third kappa shape index (κ3) is 5.50. The van der Waals surface area contributed by atoms with Gasteiger partial charge in [0.05, 0.1) is 4.90 Å². The summed E-state index contributed by atoms with van der Waals surface area (Å²) in [5, 5.41) is 0. The van der Waals surface area contributed by atoms with E-state index >= 15 is 0 Å². The normalized spacial score (nSPS) is 14.9. The van der Waals surface area contributed by atoms with Crippen molar-refractivity contribution in [1.82, 2.24) is 4.90 Å². The van der Waals surface area contributed by atoms with Gasteiger partial charge in [-0.3, -0.25) is 9.52 Å². The number of benzene rings is 2. The minimum atomic E-state index is -3.60. The van der Waals surface area contributed by atoms with Gasteiger partial charge >= 0.3 is 0 Å². The van der Waals surface area contributed by atoms with E-state index in [1.165, 1.54) is 0 Å². The van der Waals surface area contributed by atoms with Crippen LogP contribution in [0.2, 0.25) is 0 Å². The quantitative estimate of drug-likeness (QED) is 0.784. The van der Waals surface area contributed by atoms with E-state index in [1.54, 1.807) is 36.4 Å². The van der Waals surface area contributed by atoms with Crippen molar-refractivity contribution in [2.45, 2.75) is 32.1 Å². The highest BCUT2D eigenvalue weighted by Gasteiger charge is 2.22. The summed E-state index contributed by atoms with van der Waals surface area (Å²) in [6.45, 7) is 9.02. The molecule has 0 aliphatic carbocycles. The van der Waals surface area contributed by atoms with Gasteiger partial charge in [0.2, 0.25) is 5.91 Å². The van der Waals surface area contributed by atoms with E-state index in [-0.39, 0.29) is 10.8 Å². The third-order valence-electron chi connectivity index (χ3n) is 5.03. The maximum atomic E-state index is 12.5. The molecule has 1 amide bonds. The number of rotatable bonds is 6. The van der Waals surface area contributed by atoms with E-state index in [1.807, 2.05) is 24.0 Å². The Morgan fingerprint density at radius 3 is 2.10 bits per heavy atom. The summed E-state index contributed by atoms with van der Waals surface area (Å²) >= 11 is 0. The molecule has 156 valence electrons. The maximum Gasteiger partial charge on any atom is 0.261 e. The first-order valence-electron chi connectivity index (χ1n) is 9.97. The molecule has 0 radical (unpaired) electrons. The molecule has 1 aliphatic heterocycles. The molecule has 7 heteroatoms. The summed E-state index contributed by atoms with van der Waals surface area (Å²) in [7, 11) is -3.60. The van der Waals surface area contributed by atoms with E-state index in [0.29, 0.717) is 31.1 Å². The molecule has 0 bridgehead atoms. The number of piperazine rings is 1. The average molecular weight is 416 g/mol. The number of carbonyl (C=O) groups is 1. The molecule has 1 heterocycles. The molecule has 0 atom stereocenters. The van der Waals surface area contributed by atoms with Gasteiger partial charge in [-0.05, 0) is 49.2 Å². The van der Waals surface area contributed by atoms with E-state index in [0.717, 1.165) is 24.3 Å². The Hall–Kier alpha value is -2.54. The molecule has 0 spiro atoms. The Labute approximate surface area is 173 Å². The van der Waals surface area contributed by atoms with Gasteiger partial charge in [-0.15, -0.1) is 0 Å². The van der Waals surface area contributed by atoms with Gasteiger partial charge in [-0.25, -0.2) is 8.42 Å². The van der Waals surface area contributed by atoms with E-state index in [2.05, 4.69) is 23.5 Å². The summed E-state index contributed by atoms with van der Waals surface area (Å²) in [4.78, 5) is 16.6. The van der Waals surface area contributed by atoms with Crippen molar-refractivity contribution in [2.24, 2.45) is 5.92 Å². The van der Waals surface area contributed by atoms with Crippen LogP contribution in [-0.4, -0.2) is 45.4 Å². The van der Waals surface area contributed by atoms with Gasteiger partial charge in [0.1, 0.15) is 0 Å². The molecular weight excluding hydrogens is 386 g/mol. The lowest BCUT2D eigenvalue weighted by atomic mass is 10.1. The number of hydrogen-bond donors (Lipinski definition) is 1. The van der Waals surface area contributed by atoms with Crippen LogP contribution in [0.1, 0.15) is 25.8 Å². The summed E-state index contributed by atoms with van der Waals surface area (Å²) < 4.78 is 27.7. The maximum absolute atomic E-state index is 12.5. The second kappa shape index (κ2) is 8.86. The molecule has 29 heavy (non-hydrogen) atoms. The van der Waals surface area contributed by atoms with Crippen molar-refractivity contribution < 1.29 is 13.2 Å². The van der Waals surface area contributed by atoms with Gasteiger partial charge in [-0.1, -0.05) is 31.5 Å². The molecule has 1 N–H and O–H groups in total. The third-order valence-corrected chi connectivity index (χ3v) is 6.43. The lowest BCUT2D eigenvalue weighted by Gasteiger charge is -2.36. The summed E-state index contributed by atoms with van der Waals surface area (Å²) in [5.74, 6) is 0.595. The molecule has 1 fully saturated rings. The molecule has 1 saturated heterocycles. The molecule has 0 saturated carbocycles. The molecular formula is C22H29N3O3S. The smallest absolute Gasteiger partial charge is 0.261 e. The number of hydrogen-bond acceptors (Lipinski definition) is 4. The number of amides is 1.